The van der Waals surface area contributed by atoms with Crippen molar-refractivity contribution >= 4 is 24.0 Å². The molecule has 5 N–H and O–H groups in total. The van der Waals surface area contributed by atoms with Crippen molar-refractivity contribution < 1.29 is 19.2 Å². The number of imide groups is 1. The Morgan fingerprint density at radius 3 is 1.63 bits per heavy atom. The Balaban J connectivity index is 5.91. The predicted octanol–water partition coefficient (Wildman–Crippen LogP) is 1.45. The minimum atomic E-state index is -0.993. The van der Waals surface area contributed by atoms with Crippen molar-refractivity contribution in [2.24, 2.45) is 35.1 Å². The van der Waals surface area contributed by atoms with E-state index in [-0.39, 0.29) is 23.7 Å². The highest BCUT2D eigenvalue weighted by molar-refractivity contribution is 6.03. The Morgan fingerprint density at radius 1 is 0.800 bits per heavy atom. The van der Waals surface area contributed by atoms with E-state index in [9.17, 15) is 19.2 Å². The van der Waals surface area contributed by atoms with Gasteiger partial charge in [0.1, 0.15) is 12.3 Å². The fourth-order valence-electron chi connectivity index (χ4n) is 3.24. The van der Waals surface area contributed by atoms with E-state index in [2.05, 4.69) is 5.32 Å². The first-order valence-electron chi connectivity index (χ1n) is 10.9. The zero-order chi connectivity index (χ0) is 23.8. The molecule has 0 spiro atoms. The van der Waals surface area contributed by atoms with Gasteiger partial charge < -0.3 is 21.6 Å². The molecule has 3 amide bonds. The number of aldehydes is 1. The molecule has 30 heavy (non-hydrogen) atoms. The number of nitrogens with one attached hydrogen (secondary N) is 1. The lowest BCUT2D eigenvalue weighted by Crippen LogP contribution is -2.61. The topological polar surface area (TPSA) is 136 Å². The quantitative estimate of drug-likeness (QED) is 0.404. The van der Waals surface area contributed by atoms with E-state index in [4.69, 9.17) is 11.5 Å². The van der Waals surface area contributed by atoms with E-state index >= 15 is 0 Å². The normalized spacial score (nSPS) is 15.8. The molecule has 0 saturated carbocycles. The summed E-state index contributed by atoms with van der Waals surface area (Å²) in [6.45, 7) is 14.8. The summed E-state index contributed by atoms with van der Waals surface area (Å²) < 4.78 is 0. The van der Waals surface area contributed by atoms with E-state index in [1.807, 2.05) is 27.7 Å². The van der Waals surface area contributed by atoms with Gasteiger partial charge in [0.25, 0.3) is 5.91 Å². The molecule has 0 saturated heterocycles. The molecule has 0 heterocycles. The van der Waals surface area contributed by atoms with Gasteiger partial charge in [0.15, 0.2) is 0 Å². The van der Waals surface area contributed by atoms with Crippen molar-refractivity contribution in [3.8, 4) is 0 Å². The zero-order valence-electron chi connectivity index (χ0n) is 19.8. The number of nitrogens with two attached hydrogens (primary N) is 2. The van der Waals surface area contributed by atoms with Gasteiger partial charge in [-0.2, -0.15) is 0 Å². The summed E-state index contributed by atoms with van der Waals surface area (Å²) >= 11 is 0. The number of amides is 3. The first-order valence-corrected chi connectivity index (χ1v) is 10.9. The highest BCUT2D eigenvalue weighted by Crippen LogP contribution is 2.18. The number of carbonyl (C=O) groups excluding carboxylic acids is 4. The predicted molar refractivity (Wildman–Crippen MR) is 118 cm³/mol. The van der Waals surface area contributed by atoms with E-state index in [0.717, 1.165) is 4.90 Å². The van der Waals surface area contributed by atoms with Crippen LogP contribution in [0, 0.1) is 23.7 Å². The SMILES string of the molecule is CC(C)C[C@@H](N)C(=O)N(C(=O)[C@H](NC(=O)[C@@H](N)CC(C)C)C(C)C)[C@H](C=O)C(C)C. The zero-order valence-corrected chi connectivity index (χ0v) is 19.8. The smallest absolute Gasteiger partial charge is 0.252 e. The molecule has 0 aliphatic rings. The summed E-state index contributed by atoms with van der Waals surface area (Å²) in [4.78, 5) is 51.8. The molecule has 174 valence electrons. The third-order valence-electron chi connectivity index (χ3n) is 4.93. The first-order chi connectivity index (χ1) is 13.7. The van der Waals surface area contributed by atoms with Gasteiger partial charge in [0, 0.05) is 0 Å². The standard InChI is InChI=1S/C22H42N4O4/c1-12(2)9-16(23)20(28)25-19(15(7)8)22(30)26(18(11-27)14(5)6)21(29)17(24)10-13(3)4/h11-19H,9-10,23-24H2,1-8H3,(H,25,28)/t16-,17+,18+,19+/m0/s1. The lowest BCUT2D eigenvalue weighted by Gasteiger charge is -2.35. The summed E-state index contributed by atoms with van der Waals surface area (Å²) in [6, 6.07) is -3.64. The molecule has 0 aliphatic carbocycles. The van der Waals surface area contributed by atoms with Crippen LogP contribution in [0.2, 0.25) is 0 Å². The van der Waals surface area contributed by atoms with Crippen molar-refractivity contribution in [1.29, 1.82) is 0 Å². The van der Waals surface area contributed by atoms with Gasteiger partial charge in [-0.25, -0.2) is 0 Å². The molecule has 0 aromatic heterocycles. The van der Waals surface area contributed by atoms with Crippen LogP contribution >= 0.6 is 0 Å². The first kappa shape index (κ1) is 28.2. The highest BCUT2D eigenvalue weighted by Gasteiger charge is 2.40. The van der Waals surface area contributed by atoms with Crippen molar-refractivity contribution in [2.45, 2.75) is 92.4 Å². The van der Waals surface area contributed by atoms with Crippen LogP contribution in [-0.4, -0.2) is 53.1 Å². The van der Waals surface area contributed by atoms with Crippen LogP contribution in [-0.2, 0) is 19.2 Å². The van der Waals surface area contributed by atoms with Crippen molar-refractivity contribution in [3.63, 3.8) is 0 Å². The van der Waals surface area contributed by atoms with Gasteiger partial charge in [-0.1, -0.05) is 55.4 Å². The Labute approximate surface area is 181 Å². The van der Waals surface area contributed by atoms with Crippen LogP contribution < -0.4 is 16.8 Å². The Kier molecular flexibility index (Phi) is 12.0. The molecule has 8 heteroatoms. The largest absolute Gasteiger partial charge is 0.343 e. The molecule has 0 bridgehead atoms. The molecular formula is C22H42N4O4. The van der Waals surface area contributed by atoms with Crippen molar-refractivity contribution in [2.75, 3.05) is 0 Å². The van der Waals surface area contributed by atoms with Crippen LogP contribution in [0.1, 0.15) is 68.2 Å². The average molecular weight is 427 g/mol. The molecule has 0 fully saturated rings. The summed E-state index contributed by atoms with van der Waals surface area (Å²) in [5, 5.41) is 2.69. The molecule has 0 aromatic rings. The van der Waals surface area contributed by atoms with E-state index in [1.54, 1.807) is 27.7 Å². The van der Waals surface area contributed by atoms with E-state index in [0.29, 0.717) is 19.1 Å². The number of carbonyl (C=O) groups is 4. The average Bonchev–Trinajstić information content (AvgIpc) is 2.60. The van der Waals surface area contributed by atoms with Gasteiger partial charge in [0.05, 0.1) is 18.1 Å². The Morgan fingerprint density at radius 2 is 1.27 bits per heavy atom. The van der Waals surface area contributed by atoms with Crippen molar-refractivity contribution in [1.82, 2.24) is 10.2 Å². The lowest BCUT2D eigenvalue weighted by atomic mass is 9.95. The summed E-state index contributed by atoms with van der Waals surface area (Å²) in [7, 11) is 0. The van der Waals surface area contributed by atoms with E-state index < -0.39 is 41.9 Å². The summed E-state index contributed by atoms with van der Waals surface area (Å²) in [6.07, 6.45) is 1.44. The molecule has 4 atom stereocenters. The molecular weight excluding hydrogens is 384 g/mol. The number of nitrogens with zero attached hydrogens (tertiary/aromatic N) is 1. The van der Waals surface area contributed by atoms with Crippen LogP contribution in [0.4, 0.5) is 0 Å². The third kappa shape index (κ3) is 8.52. The minimum absolute atomic E-state index is 0.143. The second-order valence-electron chi connectivity index (χ2n) is 9.62. The number of rotatable bonds is 12. The van der Waals surface area contributed by atoms with Crippen LogP contribution in [0.15, 0.2) is 0 Å². The van der Waals surface area contributed by atoms with Gasteiger partial charge in [-0.05, 0) is 36.5 Å². The molecule has 0 unspecified atom stereocenters. The second-order valence-corrected chi connectivity index (χ2v) is 9.62. The molecule has 8 nitrogen and oxygen atoms in total. The van der Waals surface area contributed by atoms with Crippen LogP contribution in [0.5, 0.6) is 0 Å². The summed E-state index contributed by atoms with van der Waals surface area (Å²) in [5.41, 5.74) is 12.0. The molecule has 0 aliphatic heterocycles. The fraction of sp³-hybridized carbons (Fsp3) is 0.818. The molecule has 0 aromatic carbocycles. The van der Waals surface area contributed by atoms with Gasteiger partial charge in [-0.3, -0.25) is 19.3 Å². The van der Waals surface area contributed by atoms with Crippen LogP contribution in [0.25, 0.3) is 0 Å². The summed E-state index contributed by atoms with van der Waals surface area (Å²) in [5.74, 6) is -1.95. The van der Waals surface area contributed by atoms with Crippen LogP contribution in [0.3, 0.4) is 0 Å². The van der Waals surface area contributed by atoms with Crippen molar-refractivity contribution in [3.05, 3.63) is 0 Å². The monoisotopic (exact) mass is 426 g/mol. The minimum Gasteiger partial charge on any atom is -0.343 e. The Hall–Kier alpha value is -1.80. The second kappa shape index (κ2) is 12.8. The Bertz CT molecular complexity index is 590. The number of hydrogen-bond donors (Lipinski definition) is 3. The van der Waals surface area contributed by atoms with Gasteiger partial charge >= 0.3 is 0 Å². The molecule has 0 radical (unpaired) electrons. The molecule has 0 rings (SSSR count). The maximum atomic E-state index is 13.4. The van der Waals surface area contributed by atoms with Gasteiger partial charge in [-0.15, -0.1) is 0 Å². The fourth-order valence-corrected chi connectivity index (χ4v) is 3.24. The lowest BCUT2D eigenvalue weighted by molar-refractivity contribution is -0.154. The maximum Gasteiger partial charge on any atom is 0.252 e. The van der Waals surface area contributed by atoms with Gasteiger partial charge in [0.2, 0.25) is 11.8 Å². The maximum absolute atomic E-state index is 13.4. The van der Waals surface area contributed by atoms with E-state index in [1.165, 1.54) is 0 Å². The number of hydrogen-bond acceptors (Lipinski definition) is 6. The third-order valence-corrected chi connectivity index (χ3v) is 4.93. The highest BCUT2D eigenvalue weighted by atomic mass is 16.2.